The number of nitrogens with one attached hydrogen (secondary N) is 1. The molecule has 0 radical (unpaired) electrons. The summed E-state index contributed by atoms with van der Waals surface area (Å²) in [6.45, 7) is 7.26. The van der Waals surface area contributed by atoms with Gasteiger partial charge in [0.25, 0.3) is 5.91 Å². The summed E-state index contributed by atoms with van der Waals surface area (Å²) in [5.74, 6) is -0.840. The summed E-state index contributed by atoms with van der Waals surface area (Å²) in [4.78, 5) is 28.6. The standard InChI is InChI=1S/C29H36Cl2N2O5S/c1-5-32-25(34)16-24-28(35)33(23(18-9-10-18)17-39(36,37)29(2,3)4)26(19-11-13-21(30)14-12-19)27(38-24)20-7-6-8-22(31)15-20/h6-8,11-15,18,23-24,26-27H,5,9-10,16-17H2,1-4H3,(H,32,34)/t23-,24-,26-,27-/m1/s1. The van der Waals surface area contributed by atoms with Gasteiger partial charge < -0.3 is 15.0 Å². The molecular weight excluding hydrogens is 559 g/mol. The lowest BCUT2D eigenvalue weighted by atomic mass is 9.89. The highest BCUT2D eigenvalue weighted by Gasteiger charge is 2.52. The number of nitrogens with zero attached hydrogens (tertiary/aromatic N) is 1. The summed E-state index contributed by atoms with van der Waals surface area (Å²) in [5.41, 5.74) is 1.49. The smallest absolute Gasteiger partial charge is 0.253 e. The third kappa shape index (κ3) is 6.79. The average Bonchev–Trinajstić information content (AvgIpc) is 3.69. The van der Waals surface area contributed by atoms with E-state index in [0.717, 1.165) is 24.0 Å². The molecule has 0 spiro atoms. The van der Waals surface area contributed by atoms with Crippen molar-refractivity contribution in [3.63, 3.8) is 0 Å². The third-order valence-electron chi connectivity index (χ3n) is 7.41. The van der Waals surface area contributed by atoms with Gasteiger partial charge in [0.15, 0.2) is 9.84 Å². The Morgan fingerprint density at radius 2 is 1.74 bits per heavy atom. The van der Waals surface area contributed by atoms with Gasteiger partial charge in [-0.3, -0.25) is 9.59 Å². The number of carbonyl (C=O) groups is 2. The maximum atomic E-state index is 14.2. The second kappa shape index (κ2) is 11.8. The lowest BCUT2D eigenvalue weighted by Crippen LogP contribution is -2.58. The molecular formula is C29H36Cl2N2O5S. The maximum Gasteiger partial charge on any atom is 0.253 e. The molecule has 1 aliphatic heterocycles. The van der Waals surface area contributed by atoms with Gasteiger partial charge in [-0.2, -0.15) is 0 Å². The lowest BCUT2D eigenvalue weighted by Gasteiger charge is -2.48. The van der Waals surface area contributed by atoms with Crippen LogP contribution in [0.5, 0.6) is 0 Å². The number of ether oxygens (including phenoxy) is 1. The molecule has 1 saturated heterocycles. The fourth-order valence-electron chi connectivity index (χ4n) is 5.04. The Morgan fingerprint density at radius 3 is 2.31 bits per heavy atom. The molecule has 0 aromatic heterocycles. The molecule has 4 atom stereocenters. The molecule has 212 valence electrons. The van der Waals surface area contributed by atoms with Crippen LogP contribution < -0.4 is 5.32 Å². The SMILES string of the molecule is CCNC(=O)C[C@H]1O[C@H](c2cccc(Cl)c2)[C@@H](c2ccc(Cl)cc2)N([C@H](CS(=O)(=O)C(C)(C)C)C2CC2)C1=O. The van der Waals surface area contributed by atoms with Crippen LogP contribution in [-0.4, -0.2) is 54.3 Å². The number of hydrogen-bond donors (Lipinski definition) is 1. The first-order chi connectivity index (χ1) is 18.3. The largest absolute Gasteiger partial charge is 0.357 e. The van der Waals surface area contributed by atoms with E-state index in [1.54, 1.807) is 56.9 Å². The molecule has 2 aliphatic rings. The summed E-state index contributed by atoms with van der Waals surface area (Å²) < 4.78 is 32.5. The number of morpholine rings is 1. The zero-order chi connectivity index (χ0) is 28.5. The van der Waals surface area contributed by atoms with Gasteiger partial charge in [0.1, 0.15) is 12.2 Å². The molecule has 39 heavy (non-hydrogen) atoms. The monoisotopic (exact) mass is 594 g/mol. The van der Waals surface area contributed by atoms with Crippen molar-refractivity contribution >= 4 is 44.9 Å². The molecule has 2 aromatic carbocycles. The Morgan fingerprint density at radius 1 is 1.08 bits per heavy atom. The second-order valence-electron chi connectivity index (χ2n) is 11.3. The molecule has 1 N–H and O–H groups in total. The third-order valence-corrected chi connectivity index (χ3v) is 10.5. The van der Waals surface area contributed by atoms with E-state index < -0.39 is 38.9 Å². The van der Waals surface area contributed by atoms with Gasteiger partial charge in [-0.05, 0) is 81.8 Å². The van der Waals surface area contributed by atoms with Crippen molar-refractivity contribution in [2.75, 3.05) is 12.3 Å². The van der Waals surface area contributed by atoms with Crippen molar-refractivity contribution in [1.82, 2.24) is 10.2 Å². The van der Waals surface area contributed by atoms with Gasteiger partial charge >= 0.3 is 0 Å². The number of halogens is 2. The molecule has 1 aliphatic carbocycles. The highest BCUT2D eigenvalue weighted by Crippen LogP contribution is 2.48. The number of benzene rings is 2. The van der Waals surface area contributed by atoms with Crippen LogP contribution in [0, 0.1) is 5.92 Å². The van der Waals surface area contributed by atoms with Crippen LogP contribution in [0.25, 0.3) is 0 Å². The first-order valence-corrected chi connectivity index (χ1v) is 15.7. The Kier molecular flexibility index (Phi) is 9.01. The zero-order valence-corrected chi connectivity index (χ0v) is 25.0. The van der Waals surface area contributed by atoms with Crippen LogP contribution in [0.1, 0.15) is 70.2 Å². The predicted molar refractivity (Wildman–Crippen MR) is 153 cm³/mol. The highest BCUT2D eigenvalue weighted by molar-refractivity contribution is 7.92. The Labute approximate surface area is 241 Å². The predicted octanol–water partition coefficient (Wildman–Crippen LogP) is 5.52. The normalized spacial score (nSPS) is 23.0. The van der Waals surface area contributed by atoms with Gasteiger partial charge in [-0.15, -0.1) is 0 Å². The van der Waals surface area contributed by atoms with E-state index >= 15 is 0 Å². The van der Waals surface area contributed by atoms with Gasteiger partial charge in [0.05, 0.1) is 23.0 Å². The molecule has 4 rings (SSSR count). The zero-order valence-electron chi connectivity index (χ0n) is 22.7. The Balaban J connectivity index is 1.88. The van der Waals surface area contributed by atoms with Crippen LogP contribution in [-0.2, 0) is 24.2 Å². The number of hydrogen-bond acceptors (Lipinski definition) is 5. The van der Waals surface area contributed by atoms with Crippen LogP contribution in [0.4, 0.5) is 0 Å². The Bertz CT molecular complexity index is 1310. The van der Waals surface area contributed by atoms with E-state index in [1.807, 2.05) is 24.3 Å². The summed E-state index contributed by atoms with van der Waals surface area (Å²) in [6, 6.07) is 13.1. The molecule has 2 fully saturated rings. The minimum Gasteiger partial charge on any atom is -0.357 e. The number of rotatable bonds is 9. The fraction of sp³-hybridized carbons (Fsp3) is 0.517. The summed E-state index contributed by atoms with van der Waals surface area (Å²) in [6.07, 6.45) is -0.295. The quantitative estimate of drug-likeness (QED) is 0.412. The van der Waals surface area contributed by atoms with E-state index in [2.05, 4.69) is 5.32 Å². The average molecular weight is 596 g/mol. The molecule has 10 heteroatoms. The summed E-state index contributed by atoms with van der Waals surface area (Å²) in [5, 5.41) is 3.78. The minimum atomic E-state index is -3.58. The van der Waals surface area contributed by atoms with Crippen molar-refractivity contribution in [3.8, 4) is 0 Å². The first-order valence-electron chi connectivity index (χ1n) is 13.3. The lowest BCUT2D eigenvalue weighted by molar-refractivity contribution is -0.181. The van der Waals surface area contributed by atoms with Crippen molar-refractivity contribution in [2.45, 2.75) is 76.0 Å². The fourth-order valence-corrected chi connectivity index (χ4v) is 6.75. The summed E-state index contributed by atoms with van der Waals surface area (Å²) in [7, 11) is -3.58. The Hall–Kier alpha value is -2.13. The molecule has 2 amide bonds. The number of sulfone groups is 1. The maximum absolute atomic E-state index is 14.2. The van der Waals surface area contributed by atoms with Crippen molar-refractivity contribution in [1.29, 1.82) is 0 Å². The van der Waals surface area contributed by atoms with Crippen LogP contribution in [0.15, 0.2) is 48.5 Å². The van der Waals surface area contributed by atoms with Crippen LogP contribution in [0.2, 0.25) is 10.0 Å². The van der Waals surface area contributed by atoms with Crippen LogP contribution in [0.3, 0.4) is 0 Å². The van der Waals surface area contributed by atoms with Crippen molar-refractivity contribution < 1.29 is 22.7 Å². The van der Waals surface area contributed by atoms with E-state index in [0.29, 0.717) is 16.6 Å². The number of amides is 2. The van der Waals surface area contributed by atoms with Gasteiger partial charge in [0, 0.05) is 22.6 Å². The number of carbonyl (C=O) groups excluding carboxylic acids is 2. The second-order valence-corrected chi connectivity index (χ2v) is 15.0. The van der Waals surface area contributed by atoms with E-state index in [9.17, 15) is 18.0 Å². The molecule has 0 unspecified atom stereocenters. The van der Waals surface area contributed by atoms with Crippen molar-refractivity contribution in [2.24, 2.45) is 5.92 Å². The molecule has 7 nitrogen and oxygen atoms in total. The molecule has 2 aromatic rings. The molecule has 0 bridgehead atoms. The molecule has 1 heterocycles. The summed E-state index contributed by atoms with van der Waals surface area (Å²) >= 11 is 12.6. The van der Waals surface area contributed by atoms with E-state index in [4.69, 9.17) is 27.9 Å². The van der Waals surface area contributed by atoms with Gasteiger partial charge in [0.2, 0.25) is 5.91 Å². The van der Waals surface area contributed by atoms with Gasteiger partial charge in [-0.25, -0.2) is 8.42 Å². The van der Waals surface area contributed by atoms with Gasteiger partial charge in [-0.1, -0.05) is 47.5 Å². The topological polar surface area (TPSA) is 92.8 Å². The van der Waals surface area contributed by atoms with E-state index in [1.165, 1.54) is 0 Å². The van der Waals surface area contributed by atoms with E-state index in [-0.39, 0.29) is 29.9 Å². The van der Waals surface area contributed by atoms with Crippen molar-refractivity contribution in [3.05, 3.63) is 69.7 Å². The molecule has 1 saturated carbocycles. The van der Waals surface area contributed by atoms with Crippen LogP contribution >= 0.6 is 23.2 Å². The first kappa shape index (κ1) is 29.8. The highest BCUT2D eigenvalue weighted by atomic mass is 35.5. The minimum absolute atomic E-state index is 0.0316.